The van der Waals surface area contributed by atoms with E-state index >= 15 is 0 Å². The quantitative estimate of drug-likeness (QED) is 0.412. The number of allylic oxidation sites excluding steroid dienone is 1. The number of hydroxylamine groups is 1. The molecule has 0 saturated heterocycles. The van der Waals surface area contributed by atoms with Gasteiger partial charge in [0.1, 0.15) is 10.8 Å². The number of aryl methyl sites for hydroxylation is 2. The molecule has 0 bridgehead atoms. The number of hydrogen-bond acceptors (Lipinski definition) is 9. The van der Waals surface area contributed by atoms with Crippen molar-refractivity contribution in [2.24, 2.45) is 10.9 Å². The van der Waals surface area contributed by atoms with E-state index in [1.54, 1.807) is 17.5 Å². The van der Waals surface area contributed by atoms with Crippen LogP contribution in [0.5, 0.6) is 0 Å². The number of rotatable bonds is 9. The summed E-state index contributed by atoms with van der Waals surface area (Å²) in [7, 11) is 1.51. The van der Waals surface area contributed by atoms with Gasteiger partial charge in [0.05, 0.1) is 17.0 Å². The van der Waals surface area contributed by atoms with Crippen LogP contribution in [0.1, 0.15) is 42.5 Å². The molecule has 2 atom stereocenters. The molecule has 1 aliphatic rings. The van der Waals surface area contributed by atoms with Gasteiger partial charge in [-0.05, 0) is 45.2 Å². The standard InChI is InChI=1S/C21H30N6O2S/c1-5-16-17(7-6-10-22-3)30-20(25-16)18-13(2)23-21(27(4)29)26-19(18)24-15-9-8-14(11-15)12-28/h6,10,14-15,28-29H,3,5,7-9,11-12H2,1-2,4H3,(H,23,24,26). The second-order valence-corrected chi connectivity index (χ2v) is 8.66. The van der Waals surface area contributed by atoms with Crippen molar-refractivity contribution in [2.75, 3.05) is 24.0 Å². The molecule has 2 unspecified atom stereocenters. The van der Waals surface area contributed by atoms with Gasteiger partial charge in [-0.3, -0.25) is 10.2 Å². The zero-order valence-electron chi connectivity index (χ0n) is 17.8. The van der Waals surface area contributed by atoms with E-state index in [2.05, 4.69) is 33.9 Å². The second kappa shape index (κ2) is 10.1. The van der Waals surface area contributed by atoms with E-state index in [4.69, 9.17) is 4.98 Å². The van der Waals surface area contributed by atoms with Crippen LogP contribution in [0.25, 0.3) is 10.6 Å². The average molecular weight is 431 g/mol. The van der Waals surface area contributed by atoms with Crippen LogP contribution >= 0.6 is 11.3 Å². The van der Waals surface area contributed by atoms with Crippen LogP contribution < -0.4 is 10.4 Å². The monoisotopic (exact) mass is 430 g/mol. The van der Waals surface area contributed by atoms with Crippen LogP contribution in [0.3, 0.4) is 0 Å². The molecule has 1 aliphatic carbocycles. The summed E-state index contributed by atoms with van der Waals surface area (Å²) in [6, 6.07) is 0.221. The molecule has 2 aromatic heterocycles. The molecule has 0 amide bonds. The molecule has 3 rings (SSSR count). The van der Waals surface area contributed by atoms with Gasteiger partial charge in [0.2, 0.25) is 0 Å². The van der Waals surface area contributed by atoms with Crippen molar-refractivity contribution in [3.63, 3.8) is 0 Å². The minimum atomic E-state index is 0.210. The third kappa shape index (κ3) is 5.03. The Morgan fingerprint density at radius 1 is 1.33 bits per heavy atom. The summed E-state index contributed by atoms with van der Waals surface area (Å²) in [6.07, 6.45) is 8.12. The molecule has 0 spiro atoms. The maximum absolute atomic E-state index is 9.89. The van der Waals surface area contributed by atoms with E-state index < -0.39 is 0 Å². The number of thiazole rings is 1. The van der Waals surface area contributed by atoms with Gasteiger partial charge in [-0.25, -0.2) is 15.0 Å². The minimum Gasteiger partial charge on any atom is -0.396 e. The Morgan fingerprint density at radius 3 is 2.77 bits per heavy atom. The molecule has 1 fully saturated rings. The molecule has 3 N–H and O–H groups in total. The lowest BCUT2D eigenvalue weighted by molar-refractivity contribution is 0.229. The molecular weight excluding hydrogens is 400 g/mol. The average Bonchev–Trinajstić information content (AvgIpc) is 3.34. The lowest BCUT2D eigenvalue weighted by Crippen LogP contribution is -2.21. The lowest BCUT2D eigenvalue weighted by Gasteiger charge is -2.19. The summed E-state index contributed by atoms with van der Waals surface area (Å²) in [5, 5.41) is 24.7. The summed E-state index contributed by atoms with van der Waals surface area (Å²) in [4.78, 5) is 18.9. The number of nitrogens with zero attached hydrogens (tertiary/aromatic N) is 5. The summed E-state index contributed by atoms with van der Waals surface area (Å²) < 4.78 is 0. The molecule has 30 heavy (non-hydrogen) atoms. The van der Waals surface area contributed by atoms with E-state index in [1.807, 2.05) is 13.0 Å². The molecule has 2 heterocycles. The van der Waals surface area contributed by atoms with E-state index in [1.165, 1.54) is 11.9 Å². The Hall–Kier alpha value is -2.36. The first-order valence-corrected chi connectivity index (χ1v) is 11.1. The van der Waals surface area contributed by atoms with Gasteiger partial charge >= 0.3 is 0 Å². The van der Waals surface area contributed by atoms with Gasteiger partial charge in [0.25, 0.3) is 5.95 Å². The minimum absolute atomic E-state index is 0.210. The zero-order valence-corrected chi connectivity index (χ0v) is 18.6. The second-order valence-electron chi connectivity index (χ2n) is 7.57. The maximum Gasteiger partial charge on any atom is 0.251 e. The first-order valence-electron chi connectivity index (χ1n) is 10.2. The van der Waals surface area contributed by atoms with Gasteiger partial charge in [-0.15, -0.1) is 11.3 Å². The zero-order chi connectivity index (χ0) is 21.7. The van der Waals surface area contributed by atoms with Crippen molar-refractivity contribution in [1.29, 1.82) is 0 Å². The van der Waals surface area contributed by atoms with E-state index in [9.17, 15) is 10.3 Å². The number of aliphatic hydroxyl groups is 1. The fraction of sp³-hybridized carbons (Fsp3) is 0.524. The van der Waals surface area contributed by atoms with Gasteiger partial charge < -0.3 is 10.4 Å². The molecular formula is C21H30N6O2S. The smallest absolute Gasteiger partial charge is 0.251 e. The van der Waals surface area contributed by atoms with Gasteiger partial charge in [-0.1, -0.05) is 13.0 Å². The van der Waals surface area contributed by atoms with Crippen LogP contribution in [0.2, 0.25) is 0 Å². The first kappa shape index (κ1) is 22.3. The fourth-order valence-electron chi connectivity index (χ4n) is 3.79. The number of hydrogen-bond donors (Lipinski definition) is 3. The maximum atomic E-state index is 9.89. The summed E-state index contributed by atoms with van der Waals surface area (Å²) in [5.41, 5.74) is 2.68. The third-order valence-corrected chi connectivity index (χ3v) is 6.49. The molecule has 0 radical (unpaired) electrons. The molecule has 9 heteroatoms. The predicted molar refractivity (Wildman–Crippen MR) is 122 cm³/mol. The Kier molecular flexibility index (Phi) is 7.52. The highest BCUT2D eigenvalue weighted by molar-refractivity contribution is 7.15. The number of aromatic nitrogens is 3. The summed E-state index contributed by atoms with van der Waals surface area (Å²) in [6.45, 7) is 7.70. The number of nitrogens with one attached hydrogen (secondary N) is 1. The molecule has 2 aromatic rings. The normalized spacial score (nSPS) is 18.8. The van der Waals surface area contributed by atoms with Gasteiger partial charge in [0, 0.05) is 37.2 Å². The van der Waals surface area contributed by atoms with Crippen molar-refractivity contribution in [3.8, 4) is 10.6 Å². The molecule has 0 aliphatic heterocycles. The molecule has 162 valence electrons. The van der Waals surface area contributed by atoms with Gasteiger partial charge in [0.15, 0.2) is 0 Å². The SMILES string of the molecule is C=NC=CCc1sc(-c2c(C)nc(N(C)O)nc2NC2CCC(CO)C2)nc1CC. The summed E-state index contributed by atoms with van der Waals surface area (Å²) in [5.74, 6) is 1.23. The van der Waals surface area contributed by atoms with Crippen molar-refractivity contribution in [1.82, 2.24) is 15.0 Å². The van der Waals surface area contributed by atoms with Crippen LogP contribution in [0.15, 0.2) is 17.3 Å². The Balaban J connectivity index is 2.00. The Morgan fingerprint density at radius 2 is 2.13 bits per heavy atom. The van der Waals surface area contributed by atoms with Gasteiger partial charge in [-0.2, -0.15) is 4.98 Å². The Bertz CT molecular complexity index is 911. The topological polar surface area (TPSA) is 107 Å². The van der Waals surface area contributed by atoms with E-state index in [-0.39, 0.29) is 18.6 Å². The number of aliphatic imine (C=N–C) groups is 1. The lowest BCUT2D eigenvalue weighted by atomic mass is 10.1. The third-order valence-electron chi connectivity index (χ3n) is 5.35. The van der Waals surface area contributed by atoms with Crippen molar-refractivity contribution < 1.29 is 10.3 Å². The molecule has 0 aromatic carbocycles. The largest absolute Gasteiger partial charge is 0.396 e. The predicted octanol–water partition coefficient (Wildman–Crippen LogP) is 3.63. The first-order chi connectivity index (χ1) is 14.5. The van der Waals surface area contributed by atoms with Crippen LogP contribution in [-0.2, 0) is 12.8 Å². The van der Waals surface area contributed by atoms with Crippen molar-refractivity contribution in [3.05, 3.63) is 28.5 Å². The number of aliphatic hydroxyl groups excluding tert-OH is 1. The molecule has 1 saturated carbocycles. The van der Waals surface area contributed by atoms with E-state index in [0.29, 0.717) is 11.7 Å². The van der Waals surface area contributed by atoms with Crippen molar-refractivity contribution >= 4 is 29.8 Å². The summed E-state index contributed by atoms with van der Waals surface area (Å²) >= 11 is 1.63. The van der Waals surface area contributed by atoms with Crippen LogP contribution in [-0.4, -0.2) is 51.7 Å². The molecule has 8 nitrogen and oxygen atoms in total. The fourth-order valence-corrected chi connectivity index (χ4v) is 5.01. The number of anilines is 2. The highest BCUT2D eigenvalue weighted by atomic mass is 32.1. The Labute approximate surface area is 181 Å². The van der Waals surface area contributed by atoms with Crippen LogP contribution in [0.4, 0.5) is 11.8 Å². The van der Waals surface area contributed by atoms with Crippen molar-refractivity contribution in [2.45, 2.75) is 52.0 Å². The highest BCUT2D eigenvalue weighted by Gasteiger charge is 2.27. The van der Waals surface area contributed by atoms with E-state index in [0.717, 1.165) is 59.1 Å². The van der Waals surface area contributed by atoms with Crippen LogP contribution in [0, 0.1) is 12.8 Å². The highest BCUT2D eigenvalue weighted by Crippen LogP contribution is 2.37.